The van der Waals surface area contributed by atoms with Crippen LogP contribution >= 0.6 is 15.9 Å². The Balaban J connectivity index is 1.86. The van der Waals surface area contributed by atoms with Gasteiger partial charge in [-0.1, -0.05) is 12.1 Å². The minimum Gasteiger partial charge on any atom is -0.495 e. The van der Waals surface area contributed by atoms with Crippen LogP contribution in [0.15, 0.2) is 75.0 Å². The third kappa shape index (κ3) is 6.15. The van der Waals surface area contributed by atoms with Crippen LogP contribution in [0.25, 0.3) is 0 Å². The average Bonchev–Trinajstić information content (AvgIpc) is 2.84. The van der Waals surface area contributed by atoms with Gasteiger partial charge in [0.05, 0.1) is 42.2 Å². The number of hydrogen-bond donors (Lipinski definition) is 1. The van der Waals surface area contributed by atoms with Crippen LogP contribution in [-0.2, 0) is 14.8 Å². The summed E-state index contributed by atoms with van der Waals surface area (Å²) in [6.45, 7) is 2.35. The van der Waals surface area contributed by atoms with Gasteiger partial charge >= 0.3 is 5.97 Å². The fourth-order valence-electron chi connectivity index (χ4n) is 2.97. The summed E-state index contributed by atoms with van der Waals surface area (Å²) >= 11 is 3.38. The molecule has 0 unspecified atom stereocenters. The van der Waals surface area contributed by atoms with Crippen LogP contribution in [0.1, 0.15) is 22.8 Å². The second kappa shape index (κ2) is 11.2. The Labute approximate surface area is 206 Å². The van der Waals surface area contributed by atoms with Crippen molar-refractivity contribution in [2.45, 2.75) is 11.8 Å². The minimum atomic E-state index is -3.98. The third-order valence-electron chi connectivity index (χ3n) is 4.62. The molecule has 0 aliphatic carbocycles. The van der Waals surface area contributed by atoms with Gasteiger partial charge in [0.2, 0.25) is 0 Å². The van der Waals surface area contributed by atoms with E-state index in [0.717, 1.165) is 5.56 Å². The Hall–Kier alpha value is -3.37. The Kier molecular flexibility index (Phi) is 8.30. The molecule has 3 rings (SSSR count). The van der Waals surface area contributed by atoms with E-state index in [4.69, 9.17) is 9.47 Å². The Morgan fingerprint density at radius 1 is 1.03 bits per heavy atom. The molecule has 0 fully saturated rings. The summed E-state index contributed by atoms with van der Waals surface area (Å²) in [5.41, 5.74) is 1.91. The molecule has 0 saturated carbocycles. The smallest absolute Gasteiger partial charge is 0.337 e. The molecule has 8 nitrogen and oxygen atoms in total. The van der Waals surface area contributed by atoms with Gasteiger partial charge in [0, 0.05) is 6.21 Å². The summed E-state index contributed by atoms with van der Waals surface area (Å²) in [5, 5.41) is 0. The largest absolute Gasteiger partial charge is 0.495 e. The highest BCUT2D eigenvalue weighted by Crippen LogP contribution is 2.32. The number of ether oxygens (including phenoxy) is 3. The second-order valence-electron chi connectivity index (χ2n) is 6.89. The summed E-state index contributed by atoms with van der Waals surface area (Å²) in [4.78, 5) is 15.9. The van der Waals surface area contributed by atoms with Crippen LogP contribution in [-0.4, -0.2) is 41.4 Å². The van der Waals surface area contributed by atoms with Crippen LogP contribution in [0.4, 0.5) is 11.4 Å². The Morgan fingerprint density at radius 3 is 2.35 bits per heavy atom. The first-order chi connectivity index (χ1) is 16.3. The highest BCUT2D eigenvalue weighted by Gasteiger charge is 2.21. The number of esters is 1. The predicted molar refractivity (Wildman–Crippen MR) is 134 cm³/mol. The van der Waals surface area contributed by atoms with E-state index < -0.39 is 16.0 Å². The molecule has 0 saturated heterocycles. The van der Waals surface area contributed by atoms with Crippen molar-refractivity contribution in [2.75, 3.05) is 25.5 Å². The van der Waals surface area contributed by atoms with Gasteiger partial charge in [-0.3, -0.25) is 9.71 Å². The topological polar surface area (TPSA) is 103 Å². The van der Waals surface area contributed by atoms with Gasteiger partial charge in [-0.2, -0.15) is 0 Å². The zero-order valence-electron chi connectivity index (χ0n) is 18.7. The number of nitrogens with one attached hydrogen (secondary N) is 1. The summed E-state index contributed by atoms with van der Waals surface area (Å²) in [7, 11) is -1.27. The number of nitrogens with zero attached hydrogens (tertiary/aromatic N) is 1. The number of methoxy groups -OCH3 is 2. The molecule has 0 aliphatic rings. The van der Waals surface area contributed by atoms with Crippen molar-refractivity contribution < 1.29 is 27.4 Å². The lowest BCUT2D eigenvalue weighted by Gasteiger charge is -2.13. The van der Waals surface area contributed by atoms with Crippen molar-refractivity contribution >= 4 is 49.5 Å². The number of anilines is 1. The molecule has 0 aromatic heterocycles. The first kappa shape index (κ1) is 25.3. The van der Waals surface area contributed by atoms with Crippen molar-refractivity contribution in [3.63, 3.8) is 0 Å². The van der Waals surface area contributed by atoms with E-state index >= 15 is 0 Å². The van der Waals surface area contributed by atoms with Crippen LogP contribution in [0, 0.1) is 0 Å². The van der Waals surface area contributed by atoms with E-state index in [1.165, 1.54) is 26.4 Å². The van der Waals surface area contributed by atoms with Crippen LogP contribution in [0.2, 0.25) is 0 Å². The summed E-state index contributed by atoms with van der Waals surface area (Å²) in [6.07, 6.45) is 1.57. The number of rotatable bonds is 9. The van der Waals surface area contributed by atoms with E-state index in [2.05, 4.69) is 30.4 Å². The predicted octanol–water partition coefficient (Wildman–Crippen LogP) is 5.19. The van der Waals surface area contributed by atoms with Crippen LogP contribution in [0.3, 0.4) is 0 Å². The molecule has 0 heterocycles. The summed E-state index contributed by atoms with van der Waals surface area (Å²) in [6, 6.07) is 16.2. The van der Waals surface area contributed by atoms with Gasteiger partial charge in [-0.25, -0.2) is 13.2 Å². The molecule has 1 N–H and O–H groups in total. The number of benzene rings is 3. The highest BCUT2D eigenvalue weighted by atomic mass is 79.9. The molecular weight excluding hydrogens is 524 g/mol. The first-order valence-electron chi connectivity index (χ1n) is 10.1. The normalized spacial score (nSPS) is 11.3. The van der Waals surface area contributed by atoms with Crippen molar-refractivity contribution in [3.05, 3.63) is 76.3 Å². The standard InChI is InChI=1S/C24H23BrN2O6S/c1-4-33-21-11-10-19(13-20(21)25)27-34(29,30)23-14-18(9-12-22(23)31-2)26-15-16-5-7-17(8-6-16)24(28)32-3/h5-15,27H,4H2,1-3H3. The molecule has 34 heavy (non-hydrogen) atoms. The molecule has 178 valence electrons. The molecule has 10 heteroatoms. The Bertz CT molecular complexity index is 1310. The number of aliphatic imine (C=N–C) groups is 1. The maximum atomic E-state index is 13.1. The van der Waals surface area contributed by atoms with E-state index in [1.54, 1.807) is 54.7 Å². The lowest BCUT2D eigenvalue weighted by atomic mass is 10.1. The van der Waals surface area contributed by atoms with Crippen molar-refractivity contribution in [3.8, 4) is 11.5 Å². The quantitative estimate of drug-likeness (QED) is 0.292. The summed E-state index contributed by atoms with van der Waals surface area (Å²) in [5.74, 6) is 0.360. The van der Waals surface area contributed by atoms with E-state index in [0.29, 0.717) is 33.8 Å². The van der Waals surface area contributed by atoms with Crippen molar-refractivity contribution in [2.24, 2.45) is 4.99 Å². The van der Waals surface area contributed by atoms with Crippen molar-refractivity contribution in [1.29, 1.82) is 0 Å². The number of halogens is 1. The molecule has 0 bridgehead atoms. The van der Waals surface area contributed by atoms with Gasteiger partial charge in [0.25, 0.3) is 10.0 Å². The van der Waals surface area contributed by atoms with Crippen LogP contribution < -0.4 is 14.2 Å². The Morgan fingerprint density at radius 2 is 1.74 bits per heavy atom. The fraction of sp³-hybridized carbons (Fsp3) is 0.167. The summed E-state index contributed by atoms with van der Waals surface area (Å²) < 4.78 is 44.8. The molecule has 3 aromatic carbocycles. The lowest BCUT2D eigenvalue weighted by Crippen LogP contribution is -2.14. The maximum Gasteiger partial charge on any atom is 0.337 e. The highest BCUT2D eigenvalue weighted by molar-refractivity contribution is 9.10. The third-order valence-corrected chi connectivity index (χ3v) is 6.64. The zero-order chi connectivity index (χ0) is 24.7. The van der Waals surface area contributed by atoms with E-state index in [-0.39, 0.29) is 10.6 Å². The van der Waals surface area contributed by atoms with E-state index in [1.807, 2.05) is 6.92 Å². The molecule has 0 amide bonds. The maximum absolute atomic E-state index is 13.1. The number of carbonyl (C=O) groups is 1. The van der Waals surface area contributed by atoms with Gasteiger partial charge in [-0.15, -0.1) is 0 Å². The monoisotopic (exact) mass is 546 g/mol. The molecule has 0 aliphatic heterocycles. The number of carbonyl (C=O) groups excluding carboxylic acids is 1. The van der Waals surface area contributed by atoms with Crippen LogP contribution in [0.5, 0.6) is 11.5 Å². The molecule has 0 spiro atoms. The zero-order valence-corrected chi connectivity index (χ0v) is 21.1. The molecule has 3 aromatic rings. The van der Waals surface area contributed by atoms with Gasteiger partial charge < -0.3 is 14.2 Å². The minimum absolute atomic E-state index is 0.0595. The second-order valence-corrected chi connectivity index (χ2v) is 9.40. The molecule has 0 radical (unpaired) electrons. The van der Waals surface area contributed by atoms with E-state index in [9.17, 15) is 13.2 Å². The number of sulfonamides is 1. The van der Waals surface area contributed by atoms with Gasteiger partial charge in [0.15, 0.2) is 0 Å². The van der Waals surface area contributed by atoms with Crippen molar-refractivity contribution in [1.82, 2.24) is 0 Å². The fourth-order valence-corrected chi connectivity index (χ4v) is 4.71. The SMILES string of the molecule is CCOc1ccc(NS(=O)(=O)c2cc(N=Cc3ccc(C(=O)OC)cc3)ccc2OC)cc1Br. The molecule has 0 atom stereocenters. The van der Waals surface area contributed by atoms with Gasteiger partial charge in [0.1, 0.15) is 16.4 Å². The molecular formula is C24H23BrN2O6S. The average molecular weight is 547 g/mol. The number of hydrogen-bond acceptors (Lipinski definition) is 7. The lowest BCUT2D eigenvalue weighted by molar-refractivity contribution is 0.0600. The first-order valence-corrected chi connectivity index (χ1v) is 12.4. The van der Waals surface area contributed by atoms with Gasteiger partial charge in [-0.05, 0) is 76.9 Å².